The zero-order chi connectivity index (χ0) is 20.9. The average Bonchev–Trinajstić information content (AvgIpc) is 2.80. The molecule has 0 radical (unpaired) electrons. The van der Waals surface area contributed by atoms with Crippen molar-refractivity contribution >= 4 is 5.91 Å². The molecule has 3 aromatic rings. The largest absolute Gasteiger partial charge is 0.497 e. The van der Waals surface area contributed by atoms with E-state index in [1.54, 1.807) is 19.5 Å². The Kier molecular flexibility index (Phi) is 6.10. The molecule has 0 bridgehead atoms. The molecule has 1 aliphatic heterocycles. The molecule has 0 aliphatic carbocycles. The van der Waals surface area contributed by atoms with E-state index in [0.29, 0.717) is 6.42 Å². The lowest BCUT2D eigenvalue weighted by molar-refractivity contribution is -0.140. The molecule has 154 valence electrons. The van der Waals surface area contributed by atoms with Gasteiger partial charge in [-0.05, 0) is 52.9 Å². The third kappa shape index (κ3) is 4.52. The molecule has 1 atom stereocenters. The number of piperazine rings is 1. The van der Waals surface area contributed by atoms with E-state index in [-0.39, 0.29) is 11.9 Å². The number of ether oxygens (including phenoxy) is 1. The Labute approximate surface area is 177 Å². The summed E-state index contributed by atoms with van der Waals surface area (Å²) in [7, 11) is 3.57. The minimum absolute atomic E-state index is 0.165. The summed E-state index contributed by atoms with van der Waals surface area (Å²) in [4.78, 5) is 21.2. The van der Waals surface area contributed by atoms with Crippen LogP contribution in [0.2, 0.25) is 0 Å². The van der Waals surface area contributed by atoms with Crippen LogP contribution in [0.15, 0.2) is 73.1 Å². The Balaban J connectivity index is 1.52. The van der Waals surface area contributed by atoms with Crippen LogP contribution in [0.25, 0.3) is 11.1 Å². The van der Waals surface area contributed by atoms with E-state index in [1.165, 1.54) is 0 Å². The van der Waals surface area contributed by atoms with Gasteiger partial charge in [0.2, 0.25) is 5.91 Å². The lowest BCUT2D eigenvalue weighted by Gasteiger charge is -2.39. The highest BCUT2D eigenvalue weighted by molar-refractivity contribution is 5.82. The van der Waals surface area contributed by atoms with Crippen LogP contribution in [-0.4, -0.2) is 54.0 Å². The van der Waals surface area contributed by atoms with Crippen LogP contribution >= 0.6 is 0 Å². The van der Waals surface area contributed by atoms with Crippen LogP contribution < -0.4 is 4.74 Å². The summed E-state index contributed by atoms with van der Waals surface area (Å²) in [6.07, 6.45) is 4.30. The summed E-state index contributed by atoms with van der Waals surface area (Å²) in [6.45, 7) is 2.34. The second kappa shape index (κ2) is 9.09. The van der Waals surface area contributed by atoms with E-state index in [9.17, 15) is 4.79 Å². The van der Waals surface area contributed by atoms with Crippen LogP contribution in [0.3, 0.4) is 0 Å². The van der Waals surface area contributed by atoms with Crippen molar-refractivity contribution < 1.29 is 9.53 Å². The predicted octanol–water partition coefficient (Wildman–Crippen LogP) is 3.64. The highest BCUT2D eigenvalue weighted by atomic mass is 16.5. The second-order valence-corrected chi connectivity index (χ2v) is 7.73. The number of carbonyl (C=O) groups excluding carboxylic acids is 1. The highest BCUT2D eigenvalue weighted by Gasteiger charge is 2.33. The molecule has 0 N–H and O–H groups in total. The average molecular weight is 402 g/mol. The molecule has 0 saturated carbocycles. The van der Waals surface area contributed by atoms with Crippen LogP contribution in [0, 0.1) is 0 Å². The lowest BCUT2D eigenvalue weighted by Crippen LogP contribution is -2.56. The van der Waals surface area contributed by atoms with Gasteiger partial charge in [0, 0.05) is 39.1 Å². The third-order valence-electron chi connectivity index (χ3n) is 5.74. The summed E-state index contributed by atoms with van der Waals surface area (Å²) in [5.74, 6) is 1.03. The number of hydrogen-bond donors (Lipinski definition) is 0. The van der Waals surface area contributed by atoms with Gasteiger partial charge in [-0.2, -0.15) is 0 Å². The zero-order valence-corrected chi connectivity index (χ0v) is 17.5. The van der Waals surface area contributed by atoms with Gasteiger partial charge in [-0.25, -0.2) is 0 Å². The van der Waals surface area contributed by atoms with Crippen molar-refractivity contribution in [2.24, 2.45) is 0 Å². The van der Waals surface area contributed by atoms with Crippen molar-refractivity contribution in [1.29, 1.82) is 0 Å². The van der Waals surface area contributed by atoms with E-state index >= 15 is 0 Å². The fourth-order valence-corrected chi connectivity index (χ4v) is 3.97. The molecule has 4 rings (SSSR count). The number of carbonyl (C=O) groups is 1. The molecule has 5 nitrogen and oxygen atoms in total. The van der Waals surface area contributed by atoms with Gasteiger partial charge in [-0.15, -0.1) is 0 Å². The van der Waals surface area contributed by atoms with Crippen LogP contribution in [0.4, 0.5) is 0 Å². The molecule has 2 aromatic carbocycles. The molecular weight excluding hydrogens is 374 g/mol. The molecule has 30 heavy (non-hydrogen) atoms. The number of rotatable bonds is 6. The Morgan fingerprint density at radius 3 is 2.43 bits per heavy atom. The van der Waals surface area contributed by atoms with Crippen LogP contribution in [0.1, 0.15) is 11.1 Å². The number of amides is 1. The van der Waals surface area contributed by atoms with Gasteiger partial charge in [0.1, 0.15) is 5.75 Å². The summed E-state index contributed by atoms with van der Waals surface area (Å²) in [5, 5.41) is 0. The van der Waals surface area contributed by atoms with Crippen molar-refractivity contribution in [3.05, 3.63) is 84.2 Å². The summed E-state index contributed by atoms with van der Waals surface area (Å²) >= 11 is 0. The number of pyridine rings is 1. The predicted molar refractivity (Wildman–Crippen MR) is 118 cm³/mol. The number of nitrogens with zero attached hydrogens (tertiary/aromatic N) is 3. The van der Waals surface area contributed by atoms with Crippen molar-refractivity contribution in [1.82, 2.24) is 14.8 Å². The Morgan fingerprint density at radius 1 is 0.967 bits per heavy atom. The Hall–Kier alpha value is -3.18. The van der Waals surface area contributed by atoms with Gasteiger partial charge < -0.3 is 9.64 Å². The molecule has 1 aliphatic rings. The minimum atomic E-state index is -0.165. The lowest BCUT2D eigenvalue weighted by atomic mass is 9.98. The van der Waals surface area contributed by atoms with Gasteiger partial charge in [0.05, 0.1) is 13.2 Å². The minimum Gasteiger partial charge on any atom is -0.497 e. The number of hydrogen-bond acceptors (Lipinski definition) is 4. The van der Waals surface area contributed by atoms with E-state index in [0.717, 1.165) is 47.6 Å². The van der Waals surface area contributed by atoms with Crippen LogP contribution in [-0.2, 0) is 17.8 Å². The summed E-state index contributed by atoms with van der Waals surface area (Å²) in [5.41, 5.74) is 4.62. The van der Waals surface area contributed by atoms with E-state index in [1.807, 2.05) is 42.3 Å². The smallest absolute Gasteiger partial charge is 0.240 e. The molecule has 1 aromatic heterocycles. The summed E-state index contributed by atoms with van der Waals surface area (Å²) < 4.78 is 5.35. The van der Waals surface area contributed by atoms with Gasteiger partial charge in [0.25, 0.3) is 0 Å². The molecular formula is C25H27N3O2. The quantitative estimate of drug-likeness (QED) is 0.633. The molecule has 0 spiro atoms. The Morgan fingerprint density at radius 2 is 1.70 bits per heavy atom. The van der Waals surface area contributed by atoms with Crippen molar-refractivity contribution in [2.45, 2.75) is 19.0 Å². The van der Waals surface area contributed by atoms with E-state index in [2.05, 4.69) is 40.2 Å². The van der Waals surface area contributed by atoms with E-state index in [4.69, 9.17) is 4.74 Å². The number of benzene rings is 2. The van der Waals surface area contributed by atoms with Crippen LogP contribution in [0.5, 0.6) is 5.75 Å². The molecule has 5 heteroatoms. The second-order valence-electron chi connectivity index (χ2n) is 7.73. The number of aromatic nitrogens is 1. The monoisotopic (exact) mass is 401 g/mol. The van der Waals surface area contributed by atoms with Gasteiger partial charge in [-0.3, -0.25) is 14.7 Å². The normalized spacial score (nSPS) is 17.2. The molecule has 2 heterocycles. The van der Waals surface area contributed by atoms with Gasteiger partial charge in [0.15, 0.2) is 0 Å². The number of likely N-dealkylation sites (N-methyl/N-ethyl adjacent to an activating group) is 1. The maximum atomic E-state index is 13.0. The molecule has 1 unspecified atom stereocenters. The standard InChI is InChI=1S/C25H27N3O2/c1-27-14-15-28(18-20-4-3-5-23(16-20)30-2)24(25(27)29)17-19-6-8-21(9-7-19)22-10-12-26-13-11-22/h3-13,16,24H,14-15,17-18H2,1-2H3. The first-order valence-corrected chi connectivity index (χ1v) is 10.3. The first-order chi connectivity index (χ1) is 14.6. The van der Waals surface area contributed by atoms with E-state index < -0.39 is 0 Å². The molecule has 1 saturated heterocycles. The van der Waals surface area contributed by atoms with Crippen molar-refractivity contribution in [3.8, 4) is 16.9 Å². The molecule has 1 amide bonds. The van der Waals surface area contributed by atoms with Gasteiger partial charge in [-0.1, -0.05) is 36.4 Å². The fraction of sp³-hybridized carbons (Fsp3) is 0.280. The third-order valence-corrected chi connectivity index (χ3v) is 5.74. The topological polar surface area (TPSA) is 45.7 Å². The molecule has 1 fully saturated rings. The number of methoxy groups -OCH3 is 1. The summed E-state index contributed by atoms with van der Waals surface area (Å²) in [6, 6.07) is 20.4. The van der Waals surface area contributed by atoms with Crippen molar-refractivity contribution in [2.75, 3.05) is 27.2 Å². The fourth-order valence-electron chi connectivity index (χ4n) is 3.97. The first kappa shape index (κ1) is 20.1. The Bertz CT molecular complexity index is 989. The highest BCUT2D eigenvalue weighted by Crippen LogP contribution is 2.23. The van der Waals surface area contributed by atoms with Gasteiger partial charge >= 0.3 is 0 Å². The maximum absolute atomic E-state index is 13.0. The maximum Gasteiger partial charge on any atom is 0.240 e. The zero-order valence-electron chi connectivity index (χ0n) is 17.5. The van der Waals surface area contributed by atoms with Crippen molar-refractivity contribution in [3.63, 3.8) is 0 Å². The SMILES string of the molecule is COc1cccc(CN2CCN(C)C(=O)C2Cc2ccc(-c3ccncc3)cc2)c1. The first-order valence-electron chi connectivity index (χ1n) is 10.3.